The van der Waals surface area contributed by atoms with E-state index in [0.29, 0.717) is 32.7 Å². The number of piperazine rings is 1. The van der Waals surface area contributed by atoms with Gasteiger partial charge in [0.05, 0.1) is 6.54 Å². The first-order valence-corrected chi connectivity index (χ1v) is 7.97. The predicted octanol–water partition coefficient (Wildman–Crippen LogP) is 1.62. The zero-order valence-electron chi connectivity index (χ0n) is 13.1. The number of hydrogen-bond acceptors (Lipinski definition) is 3. The Morgan fingerprint density at radius 3 is 2.27 bits per heavy atom. The molecule has 2 amide bonds. The Labute approximate surface area is 136 Å². The molecule has 1 aromatic rings. The lowest BCUT2D eigenvalue weighted by Crippen LogP contribution is -2.50. The van der Waals surface area contributed by atoms with Gasteiger partial charge in [-0.1, -0.05) is 18.2 Å². The van der Waals surface area contributed by atoms with Crippen molar-refractivity contribution >= 4 is 29.1 Å². The van der Waals surface area contributed by atoms with E-state index < -0.39 is 0 Å². The average molecular weight is 324 g/mol. The molecule has 120 valence electrons. The van der Waals surface area contributed by atoms with Crippen LogP contribution in [0, 0.1) is 13.8 Å². The van der Waals surface area contributed by atoms with Gasteiger partial charge >= 0.3 is 0 Å². The Kier molecular flexibility index (Phi) is 5.80. The molecule has 1 aliphatic heterocycles. The minimum atomic E-state index is -0.0405. The molecule has 1 aliphatic rings. The van der Waals surface area contributed by atoms with Crippen LogP contribution in [-0.2, 0) is 9.59 Å². The van der Waals surface area contributed by atoms with E-state index in [1.54, 1.807) is 4.90 Å². The minimum Gasteiger partial charge on any atom is -0.339 e. The van der Waals surface area contributed by atoms with E-state index in [1.165, 1.54) is 0 Å². The molecule has 0 aromatic heterocycles. The smallest absolute Gasteiger partial charge is 0.238 e. The molecule has 5 nitrogen and oxygen atoms in total. The van der Waals surface area contributed by atoms with Crippen molar-refractivity contribution in [1.82, 2.24) is 9.80 Å². The molecule has 0 bridgehead atoms. The van der Waals surface area contributed by atoms with Gasteiger partial charge in [-0.3, -0.25) is 14.5 Å². The SMILES string of the molecule is Cc1cccc(C)c1NC(=O)CN1CCN(C(=O)CCl)CC1. The van der Waals surface area contributed by atoms with Gasteiger partial charge in [0.15, 0.2) is 0 Å². The lowest BCUT2D eigenvalue weighted by Gasteiger charge is -2.34. The van der Waals surface area contributed by atoms with Gasteiger partial charge in [0, 0.05) is 31.9 Å². The molecule has 0 atom stereocenters. The highest BCUT2D eigenvalue weighted by atomic mass is 35.5. The third-order valence-corrected chi connectivity index (χ3v) is 4.18. The molecule has 1 N–H and O–H groups in total. The van der Waals surface area contributed by atoms with E-state index in [-0.39, 0.29) is 17.7 Å². The van der Waals surface area contributed by atoms with Crippen LogP contribution in [0.4, 0.5) is 5.69 Å². The summed E-state index contributed by atoms with van der Waals surface area (Å²) in [6.07, 6.45) is 0. The summed E-state index contributed by atoms with van der Waals surface area (Å²) in [6.45, 7) is 6.96. The van der Waals surface area contributed by atoms with Crippen molar-refractivity contribution in [3.05, 3.63) is 29.3 Å². The van der Waals surface area contributed by atoms with Crippen molar-refractivity contribution in [2.45, 2.75) is 13.8 Å². The van der Waals surface area contributed by atoms with Gasteiger partial charge in [0.25, 0.3) is 0 Å². The zero-order chi connectivity index (χ0) is 16.1. The quantitative estimate of drug-likeness (QED) is 0.857. The van der Waals surface area contributed by atoms with Crippen LogP contribution in [0.3, 0.4) is 0 Å². The van der Waals surface area contributed by atoms with E-state index >= 15 is 0 Å². The van der Waals surface area contributed by atoms with Gasteiger partial charge in [0.2, 0.25) is 11.8 Å². The van der Waals surface area contributed by atoms with Crippen LogP contribution in [0.25, 0.3) is 0 Å². The number of para-hydroxylation sites is 1. The van der Waals surface area contributed by atoms with Gasteiger partial charge in [0.1, 0.15) is 5.88 Å². The zero-order valence-corrected chi connectivity index (χ0v) is 13.8. The van der Waals surface area contributed by atoms with Crippen LogP contribution >= 0.6 is 11.6 Å². The molecular formula is C16H22ClN3O2. The van der Waals surface area contributed by atoms with Crippen molar-refractivity contribution in [3.8, 4) is 0 Å². The number of anilines is 1. The molecule has 0 saturated carbocycles. The fourth-order valence-corrected chi connectivity index (χ4v) is 2.80. The van der Waals surface area contributed by atoms with E-state index in [4.69, 9.17) is 11.6 Å². The van der Waals surface area contributed by atoms with Crippen molar-refractivity contribution in [3.63, 3.8) is 0 Å². The van der Waals surface area contributed by atoms with E-state index in [0.717, 1.165) is 16.8 Å². The molecule has 1 fully saturated rings. The van der Waals surface area contributed by atoms with Gasteiger partial charge in [-0.05, 0) is 25.0 Å². The van der Waals surface area contributed by atoms with Gasteiger partial charge < -0.3 is 10.2 Å². The summed E-state index contributed by atoms with van der Waals surface area (Å²) in [6, 6.07) is 5.95. The van der Waals surface area contributed by atoms with Crippen LogP contribution in [0.5, 0.6) is 0 Å². The molecule has 1 aromatic carbocycles. The number of nitrogens with zero attached hydrogens (tertiary/aromatic N) is 2. The molecule has 0 radical (unpaired) electrons. The maximum absolute atomic E-state index is 12.2. The maximum Gasteiger partial charge on any atom is 0.238 e. The average Bonchev–Trinajstić information content (AvgIpc) is 2.51. The first kappa shape index (κ1) is 16.8. The third kappa shape index (κ3) is 4.21. The molecule has 1 saturated heterocycles. The molecule has 6 heteroatoms. The van der Waals surface area contributed by atoms with Gasteiger partial charge in [-0.2, -0.15) is 0 Å². The largest absolute Gasteiger partial charge is 0.339 e. The van der Waals surface area contributed by atoms with Crippen LogP contribution < -0.4 is 5.32 Å². The van der Waals surface area contributed by atoms with E-state index in [2.05, 4.69) is 10.2 Å². The molecule has 0 aliphatic carbocycles. The summed E-state index contributed by atoms with van der Waals surface area (Å²) >= 11 is 5.56. The Morgan fingerprint density at radius 1 is 1.14 bits per heavy atom. The van der Waals surface area contributed by atoms with E-state index in [1.807, 2.05) is 32.0 Å². The summed E-state index contributed by atoms with van der Waals surface area (Å²) in [5.74, 6) is -0.0385. The monoisotopic (exact) mass is 323 g/mol. The third-order valence-electron chi connectivity index (χ3n) is 3.95. The highest BCUT2D eigenvalue weighted by Crippen LogP contribution is 2.19. The van der Waals surface area contributed by atoms with Crippen molar-refractivity contribution < 1.29 is 9.59 Å². The number of hydrogen-bond donors (Lipinski definition) is 1. The lowest BCUT2D eigenvalue weighted by atomic mass is 10.1. The summed E-state index contributed by atoms with van der Waals surface area (Å²) in [5.41, 5.74) is 3.01. The van der Waals surface area contributed by atoms with Crippen LogP contribution in [-0.4, -0.2) is 60.2 Å². The van der Waals surface area contributed by atoms with Crippen molar-refractivity contribution in [2.24, 2.45) is 0 Å². The number of amides is 2. The molecule has 1 heterocycles. The molecule has 0 unspecified atom stereocenters. The summed E-state index contributed by atoms with van der Waals surface area (Å²) in [7, 11) is 0. The topological polar surface area (TPSA) is 52.7 Å². The predicted molar refractivity (Wildman–Crippen MR) is 88.3 cm³/mol. The fourth-order valence-electron chi connectivity index (χ4n) is 2.63. The number of rotatable bonds is 4. The highest BCUT2D eigenvalue weighted by molar-refractivity contribution is 6.27. The number of carbonyl (C=O) groups is 2. The van der Waals surface area contributed by atoms with Crippen LogP contribution in [0.2, 0.25) is 0 Å². The van der Waals surface area contributed by atoms with Crippen LogP contribution in [0.15, 0.2) is 18.2 Å². The first-order chi connectivity index (χ1) is 10.5. The first-order valence-electron chi connectivity index (χ1n) is 7.43. The molecule has 0 spiro atoms. The van der Waals surface area contributed by atoms with Gasteiger partial charge in [-0.15, -0.1) is 11.6 Å². The normalized spacial score (nSPS) is 15.7. The summed E-state index contributed by atoms with van der Waals surface area (Å²) in [5, 5.41) is 2.99. The second-order valence-corrected chi connectivity index (χ2v) is 5.87. The Hall–Kier alpha value is -1.59. The van der Waals surface area contributed by atoms with Gasteiger partial charge in [-0.25, -0.2) is 0 Å². The standard InChI is InChI=1S/C16H22ClN3O2/c1-12-4-3-5-13(2)16(12)18-14(21)11-19-6-8-20(9-7-19)15(22)10-17/h3-5H,6-11H2,1-2H3,(H,18,21). The number of benzene rings is 1. The summed E-state index contributed by atoms with van der Waals surface area (Å²) in [4.78, 5) is 27.5. The molecule has 22 heavy (non-hydrogen) atoms. The molecular weight excluding hydrogens is 302 g/mol. The Balaban J connectivity index is 1.85. The number of aryl methyl sites for hydroxylation is 2. The minimum absolute atomic E-state index is 0.0190. The highest BCUT2D eigenvalue weighted by Gasteiger charge is 2.22. The second kappa shape index (κ2) is 7.61. The second-order valence-electron chi connectivity index (χ2n) is 5.61. The maximum atomic E-state index is 12.2. The van der Waals surface area contributed by atoms with Crippen LogP contribution in [0.1, 0.15) is 11.1 Å². The Bertz CT molecular complexity index is 534. The Morgan fingerprint density at radius 2 is 1.73 bits per heavy atom. The van der Waals surface area contributed by atoms with E-state index in [9.17, 15) is 9.59 Å². The number of carbonyl (C=O) groups excluding carboxylic acids is 2. The van der Waals surface area contributed by atoms with Crippen molar-refractivity contribution in [1.29, 1.82) is 0 Å². The number of alkyl halides is 1. The number of nitrogens with one attached hydrogen (secondary N) is 1. The fraction of sp³-hybridized carbons (Fsp3) is 0.500. The lowest BCUT2D eigenvalue weighted by molar-refractivity contribution is -0.130. The van der Waals surface area contributed by atoms with Crippen molar-refractivity contribution in [2.75, 3.05) is 43.9 Å². The number of halogens is 1. The summed E-state index contributed by atoms with van der Waals surface area (Å²) < 4.78 is 0. The molecule has 2 rings (SSSR count).